The highest BCUT2D eigenvalue weighted by Crippen LogP contribution is 2.61. The van der Waals surface area contributed by atoms with Crippen LogP contribution in [-0.2, 0) is 0 Å². The van der Waals surface area contributed by atoms with E-state index in [-0.39, 0.29) is 17.9 Å². The minimum Gasteiger partial charge on any atom is -0.477 e. The van der Waals surface area contributed by atoms with E-state index >= 15 is 0 Å². The molecule has 0 bridgehead atoms. The lowest BCUT2D eigenvalue weighted by atomic mass is 10.1. The number of carboxylic acids is 1. The molecule has 6 nitrogen and oxygen atoms in total. The van der Waals surface area contributed by atoms with E-state index in [1.807, 2.05) is 0 Å². The standard InChI is InChI=1S/C15H13F2N3O3/c16-15(17)9(12(15)8-4-2-1-3-5-8)7-18-13(21)10-6-11(14(22)23)20-19-10/h1-6,9,12H,7H2,(H,18,21)(H,19,20)(H,22,23)/t9-,12-/m1/s1. The second-order valence-corrected chi connectivity index (χ2v) is 5.35. The lowest BCUT2D eigenvalue weighted by Crippen LogP contribution is -2.27. The molecule has 0 radical (unpaired) electrons. The number of nitrogens with zero attached hydrogens (tertiary/aromatic N) is 1. The Hall–Kier alpha value is -2.77. The number of hydrogen-bond acceptors (Lipinski definition) is 3. The van der Waals surface area contributed by atoms with Crippen LogP contribution in [0.5, 0.6) is 0 Å². The zero-order valence-electron chi connectivity index (χ0n) is 11.8. The Kier molecular flexibility index (Phi) is 3.59. The molecular formula is C15H13F2N3O3. The highest BCUT2D eigenvalue weighted by atomic mass is 19.3. The smallest absolute Gasteiger partial charge is 0.353 e. The fraction of sp³-hybridized carbons (Fsp3) is 0.267. The third kappa shape index (κ3) is 2.79. The van der Waals surface area contributed by atoms with Gasteiger partial charge in [0.25, 0.3) is 11.8 Å². The summed E-state index contributed by atoms with van der Waals surface area (Å²) >= 11 is 0. The van der Waals surface area contributed by atoms with Gasteiger partial charge in [0.2, 0.25) is 0 Å². The number of rotatable bonds is 5. The van der Waals surface area contributed by atoms with Crippen LogP contribution in [0.4, 0.5) is 8.78 Å². The Morgan fingerprint density at radius 1 is 1.30 bits per heavy atom. The van der Waals surface area contributed by atoms with Crippen LogP contribution < -0.4 is 5.32 Å². The number of aromatic carboxylic acids is 1. The van der Waals surface area contributed by atoms with E-state index in [9.17, 15) is 18.4 Å². The number of carboxylic acid groups (broad SMARTS) is 1. The fourth-order valence-corrected chi connectivity index (χ4v) is 2.60. The fourth-order valence-electron chi connectivity index (χ4n) is 2.60. The van der Waals surface area contributed by atoms with Crippen LogP contribution in [0.1, 0.15) is 32.5 Å². The molecule has 0 saturated heterocycles. The number of carbonyl (C=O) groups excluding carboxylic acids is 1. The molecule has 0 spiro atoms. The van der Waals surface area contributed by atoms with Gasteiger partial charge in [-0.2, -0.15) is 5.10 Å². The minimum absolute atomic E-state index is 0.150. The van der Waals surface area contributed by atoms with E-state index < -0.39 is 29.6 Å². The third-order valence-corrected chi connectivity index (χ3v) is 3.88. The van der Waals surface area contributed by atoms with Crippen LogP contribution in [0.2, 0.25) is 0 Å². The van der Waals surface area contributed by atoms with Crippen LogP contribution in [0, 0.1) is 5.92 Å². The van der Waals surface area contributed by atoms with Crippen LogP contribution in [-0.4, -0.2) is 39.6 Å². The van der Waals surface area contributed by atoms with Gasteiger partial charge in [0.05, 0.1) is 11.8 Å². The van der Waals surface area contributed by atoms with Crippen molar-refractivity contribution < 1.29 is 23.5 Å². The third-order valence-electron chi connectivity index (χ3n) is 3.88. The predicted molar refractivity (Wildman–Crippen MR) is 75.5 cm³/mol. The summed E-state index contributed by atoms with van der Waals surface area (Å²) in [6, 6.07) is 9.45. The highest BCUT2D eigenvalue weighted by Gasteiger charge is 2.68. The maximum absolute atomic E-state index is 13.9. The molecule has 23 heavy (non-hydrogen) atoms. The average molecular weight is 321 g/mol. The molecule has 1 aliphatic rings. The Labute approximate surface area is 129 Å². The van der Waals surface area contributed by atoms with Gasteiger partial charge in [-0.15, -0.1) is 0 Å². The van der Waals surface area contributed by atoms with Crippen molar-refractivity contribution in [3.8, 4) is 0 Å². The summed E-state index contributed by atoms with van der Waals surface area (Å²) in [6.07, 6.45) is 0. The van der Waals surface area contributed by atoms with Gasteiger partial charge >= 0.3 is 5.97 Å². The van der Waals surface area contributed by atoms with Gasteiger partial charge in [0, 0.05) is 12.6 Å². The molecule has 1 aromatic carbocycles. The molecule has 3 rings (SSSR count). The van der Waals surface area contributed by atoms with Gasteiger partial charge in [-0.3, -0.25) is 9.89 Å². The highest BCUT2D eigenvalue weighted by molar-refractivity contribution is 5.95. The molecule has 120 valence electrons. The topological polar surface area (TPSA) is 95.1 Å². The van der Waals surface area contributed by atoms with Crippen molar-refractivity contribution in [2.24, 2.45) is 5.92 Å². The number of H-pyrrole nitrogens is 1. The summed E-state index contributed by atoms with van der Waals surface area (Å²) in [6.45, 7) is -0.208. The zero-order chi connectivity index (χ0) is 16.6. The van der Waals surface area contributed by atoms with Crippen LogP contribution in [0.25, 0.3) is 0 Å². The first-order chi connectivity index (χ1) is 10.9. The van der Waals surface area contributed by atoms with Crippen molar-refractivity contribution >= 4 is 11.9 Å². The summed E-state index contributed by atoms with van der Waals surface area (Å²) < 4.78 is 27.7. The predicted octanol–water partition coefficient (Wildman–Crippen LogP) is 1.89. The van der Waals surface area contributed by atoms with Gasteiger partial charge in [0.15, 0.2) is 5.69 Å². The maximum Gasteiger partial charge on any atom is 0.353 e. The number of halogens is 2. The Morgan fingerprint density at radius 2 is 2.00 bits per heavy atom. The Bertz CT molecular complexity index is 745. The number of benzene rings is 1. The van der Waals surface area contributed by atoms with Crippen LogP contribution >= 0.6 is 0 Å². The number of alkyl halides is 2. The largest absolute Gasteiger partial charge is 0.477 e. The molecule has 2 aromatic rings. The van der Waals surface area contributed by atoms with E-state index in [0.29, 0.717) is 5.56 Å². The van der Waals surface area contributed by atoms with Crippen molar-refractivity contribution in [1.82, 2.24) is 15.5 Å². The van der Waals surface area contributed by atoms with E-state index in [1.54, 1.807) is 30.3 Å². The van der Waals surface area contributed by atoms with E-state index in [0.717, 1.165) is 6.07 Å². The van der Waals surface area contributed by atoms with E-state index in [4.69, 9.17) is 5.11 Å². The van der Waals surface area contributed by atoms with Crippen molar-refractivity contribution in [3.63, 3.8) is 0 Å². The summed E-state index contributed by atoms with van der Waals surface area (Å²) in [7, 11) is 0. The molecule has 1 amide bonds. The van der Waals surface area contributed by atoms with Crippen molar-refractivity contribution in [2.75, 3.05) is 6.54 Å². The van der Waals surface area contributed by atoms with Gasteiger partial charge in [0.1, 0.15) is 5.69 Å². The molecule has 2 atom stereocenters. The number of nitrogens with one attached hydrogen (secondary N) is 2. The number of amides is 1. The van der Waals surface area contributed by atoms with Crippen molar-refractivity contribution in [3.05, 3.63) is 53.3 Å². The molecule has 0 aliphatic heterocycles. The Morgan fingerprint density at radius 3 is 2.61 bits per heavy atom. The molecule has 1 aromatic heterocycles. The monoisotopic (exact) mass is 321 g/mol. The van der Waals surface area contributed by atoms with Crippen LogP contribution in [0.15, 0.2) is 36.4 Å². The zero-order valence-corrected chi connectivity index (χ0v) is 11.8. The number of hydrogen-bond donors (Lipinski definition) is 3. The summed E-state index contributed by atoms with van der Waals surface area (Å²) in [5, 5.41) is 16.8. The van der Waals surface area contributed by atoms with Gasteiger partial charge in [-0.05, 0) is 5.56 Å². The molecule has 1 heterocycles. The summed E-state index contributed by atoms with van der Waals surface area (Å²) in [5.74, 6) is -6.71. The van der Waals surface area contributed by atoms with Gasteiger partial charge < -0.3 is 10.4 Å². The molecule has 3 N–H and O–H groups in total. The maximum atomic E-state index is 13.9. The molecular weight excluding hydrogens is 308 g/mol. The average Bonchev–Trinajstić information content (AvgIpc) is 2.90. The van der Waals surface area contributed by atoms with Crippen LogP contribution in [0.3, 0.4) is 0 Å². The van der Waals surface area contributed by atoms with E-state index in [2.05, 4.69) is 15.5 Å². The van der Waals surface area contributed by atoms with E-state index in [1.165, 1.54) is 0 Å². The molecule has 1 saturated carbocycles. The molecule has 8 heteroatoms. The number of aromatic amines is 1. The van der Waals surface area contributed by atoms with Crippen molar-refractivity contribution in [2.45, 2.75) is 11.8 Å². The molecule has 0 unspecified atom stereocenters. The van der Waals surface area contributed by atoms with Crippen molar-refractivity contribution in [1.29, 1.82) is 0 Å². The Balaban J connectivity index is 1.62. The first-order valence-corrected chi connectivity index (χ1v) is 6.91. The molecule has 1 fully saturated rings. The second-order valence-electron chi connectivity index (χ2n) is 5.35. The minimum atomic E-state index is -2.87. The normalized spacial score (nSPS) is 21.7. The SMILES string of the molecule is O=C(NC[C@@H]1[C@@H](c2ccccc2)C1(F)F)c1cc(C(=O)O)[nH]n1. The summed E-state index contributed by atoms with van der Waals surface area (Å²) in [5.41, 5.74) is 0.140. The number of aromatic nitrogens is 2. The summed E-state index contributed by atoms with van der Waals surface area (Å²) in [4.78, 5) is 22.5. The quantitative estimate of drug-likeness (QED) is 0.783. The molecule has 1 aliphatic carbocycles. The number of carbonyl (C=O) groups is 2. The van der Waals surface area contributed by atoms with Gasteiger partial charge in [-0.25, -0.2) is 13.6 Å². The first kappa shape index (κ1) is 15.1. The van der Waals surface area contributed by atoms with Gasteiger partial charge in [-0.1, -0.05) is 30.3 Å². The first-order valence-electron chi connectivity index (χ1n) is 6.91. The lowest BCUT2D eigenvalue weighted by molar-refractivity contribution is 0.0690. The second kappa shape index (κ2) is 5.45. The lowest BCUT2D eigenvalue weighted by Gasteiger charge is -2.01.